The van der Waals surface area contributed by atoms with Crippen molar-refractivity contribution in [1.82, 2.24) is 19.7 Å². The monoisotopic (exact) mass is 391 g/mol. The predicted octanol–water partition coefficient (Wildman–Crippen LogP) is 3.08. The van der Waals surface area contributed by atoms with Gasteiger partial charge in [0.1, 0.15) is 11.6 Å². The van der Waals surface area contributed by atoms with Crippen LogP contribution in [-0.4, -0.2) is 28.2 Å². The van der Waals surface area contributed by atoms with E-state index >= 15 is 0 Å². The Morgan fingerprint density at radius 3 is 2.93 bits per heavy atom. The molecule has 0 bridgehead atoms. The molecule has 3 aromatic rings. The van der Waals surface area contributed by atoms with Crippen molar-refractivity contribution in [3.63, 3.8) is 0 Å². The summed E-state index contributed by atoms with van der Waals surface area (Å²) >= 11 is 0. The normalized spacial score (nSPS) is 16.9. The number of aryl methyl sites for hydroxylation is 2. The summed E-state index contributed by atoms with van der Waals surface area (Å²) < 4.78 is 48.2. The Hall–Kier alpha value is -2.75. The lowest BCUT2D eigenvalue weighted by atomic mass is 10.1. The van der Waals surface area contributed by atoms with Crippen LogP contribution in [0.2, 0.25) is 0 Å². The van der Waals surface area contributed by atoms with Gasteiger partial charge < -0.3 is 8.98 Å². The van der Waals surface area contributed by atoms with E-state index in [0.29, 0.717) is 5.56 Å². The van der Waals surface area contributed by atoms with Gasteiger partial charge in [0.05, 0.1) is 0 Å². The van der Waals surface area contributed by atoms with Crippen LogP contribution in [0.3, 0.4) is 0 Å². The minimum atomic E-state index is -3.97. The lowest BCUT2D eigenvalue weighted by Gasteiger charge is -2.20. The fourth-order valence-electron chi connectivity index (χ4n) is 3.16. The highest BCUT2D eigenvalue weighted by Gasteiger charge is 2.26. The number of halogens is 1. The first-order chi connectivity index (χ1) is 12.8. The number of nitrogens with one attached hydrogen (secondary N) is 1. The van der Waals surface area contributed by atoms with Gasteiger partial charge in [0.15, 0.2) is 5.03 Å². The van der Waals surface area contributed by atoms with Crippen molar-refractivity contribution in [3.8, 4) is 11.5 Å². The molecular weight excluding hydrogens is 373 g/mol. The van der Waals surface area contributed by atoms with E-state index in [0.717, 1.165) is 30.7 Å². The van der Waals surface area contributed by atoms with Gasteiger partial charge in [-0.3, -0.25) is 0 Å². The molecule has 0 radical (unpaired) electrons. The molecule has 1 atom stereocenters. The molecule has 0 saturated heterocycles. The first-order valence-corrected chi connectivity index (χ1v) is 10.0. The average Bonchev–Trinajstić information content (AvgIpc) is 3.25. The number of benzene rings is 1. The first-order valence-electron chi connectivity index (χ1n) is 8.54. The molecule has 1 aromatic carbocycles. The van der Waals surface area contributed by atoms with Crippen molar-refractivity contribution in [1.29, 1.82) is 0 Å². The fraction of sp³-hybridized carbons (Fsp3) is 0.353. The second kappa shape index (κ2) is 6.45. The molecule has 0 fully saturated rings. The Labute approximate surface area is 155 Å². The first kappa shape index (κ1) is 17.7. The highest BCUT2D eigenvalue weighted by molar-refractivity contribution is 7.92. The van der Waals surface area contributed by atoms with Gasteiger partial charge in [-0.15, -0.1) is 5.10 Å². The second-order valence-corrected chi connectivity index (χ2v) is 8.25. The topological polar surface area (TPSA) is 103 Å². The van der Waals surface area contributed by atoms with Gasteiger partial charge in [0.2, 0.25) is 5.89 Å². The van der Waals surface area contributed by atoms with Crippen LogP contribution in [0.15, 0.2) is 33.8 Å². The van der Waals surface area contributed by atoms with Crippen LogP contribution in [0.25, 0.3) is 11.5 Å². The number of anilines is 1. The summed E-state index contributed by atoms with van der Waals surface area (Å²) in [6.45, 7) is 3.79. The maximum Gasteiger partial charge on any atom is 0.330 e. The molecule has 8 nitrogen and oxygen atoms in total. The van der Waals surface area contributed by atoms with Crippen molar-refractivity contribution < 1.29 is 17.2 Å². The Morgan fingerprint density at radius 1 is 1.33 bits per heavy atom. The fourth-order valence-corrected chi connectivity index (χ4v) is 4.06. The van der Waals surface area contributed by atoms with Crippen molar-refractivity contribution in [2.45, 2.75) is 44.2 Å². The Balaban J connectivity index is 1.61. The van der Waals surface area contributed by atoms with Gasteiger partial charge in [-0.05, 0) is 44.4 Å². The third-order valence-corrected chi connectivity index (χ3v) is 5.83. The molecule has 1 unspecified atom stereocenters. The summed E-state index contributed by atoms with van der Waals surface area (Å²) in [7, 11) is -3.97. The number of fused-ring (bicyclic) bond motifs is 1. The van der Waals surface area contributed by atoms with Crippen LogP contribution >= 0.6 is 0 Å². The lowest BCUT2D eigenvalue weighted by molar-refractivity contribution is 0.425. The third kappa shape index (κ3) is 3.32. The minimum Gasteiger partial charge on any atom is -0.403 e. The zero-order chi connectivity index (χ0) is 19.2. The zero-order valence-corrected chi connectivity index (χ0v) is 15.6. The van der Waals surface area contributed by atoms with Gasteiger partial charge in [-0.1, -0.05) is 11.2 Å². The molecule has 3 heterocycles. The highest BCUT2D eigenvalue weighted by atomic mass is 32.2. The lowest BCUT2D eigenvalue weighted by Crippen LogP contribution is -2.14. The molecule has 1 aliphatic rings. The molecule has 27 heavy (non-hydrogen) atoms. The Bertz CT molecular complexity index is 1110. The van der Waals surface area contributed by atoms with Crippen LogP contribution in [-0.2, 0) is 16.4 Å². The Morgan fingerprint density at radius 2 is 2.15 bits per heavy atom. The second-order valence-electron chi connectivity index (χ2n) is 6.62. The molecule has 0 aliphatic carbocycles. The van der Waals surface area contributed by atoms with E-state index in [-0.39, 0.29) is 23.0 Å². The molecule has 0 saturated carbocycles. The summed E-state index contributed by atoms with van der Waals surface area (Å²) in [5.41, 5.74) is 1.13. The summed E-state index contributed by atoms with van der Waals surface area (Å²) in [6, 6.07) is 4.06. The molecule has 0 spiro atoms. The van der Waals surface area contributed by atoms with Crippen LogP contribution in [0.5, 0.6) is 0 Å². The molecule has 4 rings (SSSR count). The van der Waals surface area contributed by atoms with E-state index in [1.807, 2.05) is 11.5 Å². The number of nitrogens with zero attached hydrogens (tertiary/aromatic N) is 4. The van der Waals surface area contributed by atoms with Gasteiger partial charge in [0.25, 0.3) is 10.0 Å². The number of aromatic nitrogens is 4. The molecule has 2 aromatic heterocycles. The van der Waals surface area contributed by atoms with Crippen molar-refractivity contribution in [3.05, 3.63) is 41.6 Å². The van der Waals surface area contributed by atoms with Gasteiger partial charge >= 0.3 is 6.01 Å². The number of sulfonamides is 1. The molecular formula is C17H18FN5O3S. The standard InChI is InChI=1S/C17H18FN5O3S/c1-10-6-7-12(18)8-13(10)16-20-21-17(26-16)22-27(24,25)15-9-23-11(2)4-3-5-14(23)19-15/h6-9,11H,3-5H2,1-2H3,(H,21,22). The Kier molecular flexibility index (Phi) is 4.22. The van der Waals surface area contributed by atoms with Crippen LogP contribution in [0.4, 0.5) is 10.4 Å². The molecule has 10 heteroatoms. The number of hydrogen-bond acceptors (Lipinski definition) is 6. The van der Waals surface area contributed by atoms with E-state index in [1.165, 1.54) is 18.3 Å². The quantitative estimate of drug-likeness (QED) is 0.733. The number of hydrogen-bond donors (Lipinski definition) is 1. The summed E-state index contributed by atoms with van der Waals surface area (Å²) in [5, 5.41) is 7.42. The number of rotatable bonds is 4. The van der Waals surface area contributed by atoms with E-state index in [4.69, 9.17) is 4.42 Å². The SMILES string of the molecule is Cc1ccc(F)cc1-c1nnc(NS(=O)(=O)c2cn3c(n2)CCCC3C)o1. The largest absolute Gasteiger partial charge is 0.403 e. The predicted molar refractivity (Wildman–Crippen MR) is 95.1 cm³/mol. The number of imidazole rings is 1. The maximum atomic E-state index is 13.5. The highest BCUT2D eigenvalue weighted by Crippen LogP contribution is 2.28. The van der Waals surface area contributed by atoms with Crippen LogP contribution < -0.4 is 4.72 Å². The van der Waals surface area contributed by atoms with Gasteiger partial charge in [-0.2, -0.15) is 8.42 Å². The van der Waals surface area contributed by atoms with E-state index in [9.17, 15) is 12.8 Å². The minimum absolute atomic E-state index is 0.0301. The van der Waals surface area contributed by atoms with Crippen molar-refractivity contribution >= 4 is 16.0 Å². The summed E-state index contributed by atoms with van der Waals surface area (Å²) in [4.78, 5) is 4.23. The zero-order valence-electron chi connectivity index (χ0n) is 14.8. The summed E-state index contributed by atoms with van der Waals surface area (Å²) in [5.74, 6) is 0.326. The average molecular weight is 391 g/mol. The molecule has 1 N–H and O–H groups in total. The molecule has 1 aliphatic heterocycles. The van der Waals surface area contributed by atoms with Gasteiger partial charge in [0, 0.05) is 24.2 Å². The summed E-state index contributed by atoms with van der Waals surface area (Å²) in [6.07, 6.45) is 4.22. The maximum absolute atomic E-state index is 13.5. The smallest absolute Gasteiger partial charge is 0.330 e. The van der Waals surface area contributed by atoms with Crippen LogP contribution in [0, 0.1) is 12.7 Å². The van der Waals surface area contributed by atoms with Crippen molar-refractivity contribution in [2.75, 3.05) is 4.72 Å². The van der Waals surface area contributed by atoms with E-state index in [2.05, 4.69) is 19.9 Å². The van der Waals surface area contributed by atoms with E-state index in [1.54, 1.807) is 13.0 Å². The van der Waals surface area contributed by atoms with Gasteiger partial charge in [-0.25, -0.2) is 14.1 Å². The third-order valence-electron chi connectivity index (χ3n) is 4.64. The van der Waals surface area contributed by atoms with Crippen LogP contribution in [0.1, 0.15) is 37.2 Å². The van der Waals surface area contributed by atoms with E-state index < -0.39 is 15.8 Å². The van der Waals surface area contributed by atoms with Crippen molar-refractivity contribution in [2.24, 2.45) is 0 Å². The molecule has 0 amide bonds. The molecule has 142 valence electrons.